The van der Waals surface area contributed by atoms with Crippen LogP contribution >= 0.6 is 0 Å². The number of likely N-dealkylation sites (N-methyl/N-ethyl adjacent to an activating group) is 1. The Morgan fingerprint density at radius 2 is 1.73 bits per heavy atom. The molecule has 1 heterocycles. The zero-order valence-electron chi connectivity index (χ0n) is 14.4. The molecule has 0 N–H and O–H groups in total. The first-order valence-corrected chi connectivity index (χ1v) is 8.53. The van der Waals surface area contributed by atoms with Gasteiger partial charge >= 0.3 is 0 Å². The second kappa shape index (κ2) is 7.63. The highest BCUT2D eigenvalue weighted by molar-refractivity contribution is 5.99. The third kappa shape index (κ3) is 3.43. The van der Waals surface area contributed by atoms with Crippen LogP contribution < -0.4 is 4.90 Å². The van der Waals surface area contributed by atoms with Crippen LogP contribution in [0.1, 0.15) is 43.6 Å². The molecule has 0 atom stereocenters. The third-order valence-corrected chi connectivity index (χ3v) is 4.68. The van der Waals surface area contributed by atoms with Gasteiger partial charge in [0.25, 0.3) is 5.91 Å². The second-order valence-corrected chi connectivity index (χ2v) is 5.77. The molecule has 0 fully saturated rings. The SMILES string of the molecule is CCN(CC)CCN1Cc2ccc(N(CC)CC)cc2C1=O. The Balaban J connectivity index is 2.08. The van der Waals surface area contributed by atoms with Crippen molar-refractivity contribution < 1.29 is 4.79 Å². The van der Waals surface area contributed by atoms with Gasteiger partial charge in [-0.25, -0.2) is 0 Å². The van der Waals surface area contributed by atoms with Crippen molar-refractivity contribution in [3.05, 3.63) is 29.3 Å². The van der Waals surface area contributed by atoms with Gasteiger partial charge < -0.3 is 14.7 Å². The number of anilines is 1. The number of benzene rings is 1. The van der Waals surface area contributed by atoms with Gasteiger partial charge in [0.15, 0.2) is 0 Å². The molecule has 1 aliphatic rings. The average Bonchev–Trinajstić information content (AvgIpc) is 2.86. The van der Waals surface area contributed by atoms with Crippen molar-refractivity contribution in [2.75, 3.05) is 44.2 Å². The van der Waals surface area contributed by atoms with Crippen molar-refractivity contribution in [3.63, 3.8) is 0 Å². The summed E-state index contributed by atoms with van der Waals surface area (Å²) >= 11 is 0. The predicted molar refractivity (Wildman–Crippen MR) is 92.5 cm³/mol. The van der Waals surface area contributed by atoms with Gasteiger partial charge in [-0.05, 0) is 44.6 Å². The van der Waals surface area contributed by atoms with Crippen molar-refractivity contribution >= 4 is 11.6 Å². The monoisotopic (exact) mass is 303 g/mol. The topological polar surface area (TPSA) is 26.8 Å². The quantitative estimate of drug-likeness (QED) is 0.739. The molecule has 4 nitrogen and oxygen atoms in total. The van der Waals surface area contributed by atoms with Crippen molar-refractivity contribution in [1.82, 2.24) is 9.80 Å². The smallest absolute Gasteiger partial charge is 0.254 e. The normalized spacial score (nSPS) is 13.9. The highest BCUT2D eigenvalue weighted by Crippen LogP contribution is 2.27. The van der Waals surface area contributed by atoms with E-state index in [1.807, 2.05) is 4.90 Å². The Labute approximate surface area is 134 Å². The van der Waals surface area contributed by atoms with Crippen molar-refractivity contribution in [2.24, 2.45) is 0 Å². The summed E-state index contributed by atoms with van der Waals surface area (Å²) in [5.41, 5.74) is 3.21. The van der Waals surface area contributed by atoms with Crippen LogP contribution in [0.25, 0.3) is 0 Å². The Bertz CT molecular complexity index is 507. The second-order valence-electron chi connectivity index (χ2n) is 5.77. The molecule has 0 aliphatic carbocycles. The Hall–Kier alpha value is -1.55. The molecule has 122 valence electrons. The van der Waals surface area contributed by atoms with E-state index in [1.165, 1.54) is 5.56 Å². The fourth-order valence-electron chi connectivity index (χ4n) is 3.12. The average molecular weight is 303 g/mol. The number of hydrogen-bond acceptors (Lipinski definition) is 3. The molecule has 22 heavy (non-hydrogen) atoms. The van der Waals surface area contributed by atoms with E-state index < -0.39 is 0 Å². The van der Waals surface area contributed by atoms with Crippen LogP contribution in [0.4, 0.5) is 5.69 Å². The minimum Gasteiger partial charge on any atom is -0.372 e. The molecule has 0 saturated carbocycles. The lowest BCUT2D eigenvalue weighted by Crippen LogP contribution is -2.35. The molecule has 0 aromatic heterocycles. The van der Waals surface area contributed by atoms with Gasteiger partial charge in [0.2, 0.25) is 0 Å². The number of amides is 1. The third-order valence-electron chi connectivity index (χ3n) is 4.68. The molecule has 2 rings (SSSR count). The Kier molecular flexibility index (Phi) is 5.83. The molecule has 0 saturated heterocycles. The predicted octanol–water partition coefficient (Wildman–Crippen LogP) is 2.83. The Morgan fingerprint density at radius 1 is 1.05 bits per heavy atom. The first-order valence-electron chi connectivity index (χ1n) is 8.53. The lowest BCUT2D eigenvalue weighted by Gasteiger charge is -2.22. The van der Waals surface area contributed by atoms with Crippen LogP contribution in [0, 0.1) is 0 Å². The largest absolute Gasteiger partial charge is 0.372 e. The van der Waals surface area contributed by atoms with E-state index >= 15 is 0 Å². The van der Waals surface area contributed by atoms with Crippen molar-refractivity contribution in [1.29, 1.82) is 0 Å². The lowest BCUT2D eigenvalue weighted by molar-refractivity contribution is 0.0760. The molecule has 1 amide bonds. The van der Waals surface area contributed by atoms with E-state index in [0.717, 1.165) is 57.1 Å². The lowest BCUT2D eigenvalue weighted by atomic mass is 10.1. The minimum absolute atomic E-state index is 0.191. The van der Waals surface area contributed by atoms with Crippen LogP contribution in [-0.2, 0) is 6.54 Å². The fourth-order valence-corrected chi connectivity index (χ4v) is 3.12. The van der Waals surface area contributed by atoms with Gasteiger partial charge in [0.1, 0.15) is 0 Å². The van der Waals surface area contributed by atoms with Gasteiger partial charge in [-0.3, -0.25) is 4.79 Å². The molecule has 1 aliphatic heterocycles. The number of rotatable bonds is 8. The van der Waals surface area contributed by atoms with Crippen LogP contribution in [0.2, 0.25) is 0 Å². The number of carbonyl (C=O) groups excluding carboxylic acids is 1. The molecule has 0 radical (unpaired) electrons. The molecule has 0 bridgehead atoms. The molecule has 0 unspecified atom stereocenters. The summed E-state index contributed by atoms with van der Waals surface area (Å²) in [6, 6.07) is 6.34. The molecule has 0 spiro atoms. The standard InChI is InChI=1S/C18H29N3O/c1-5-19(6-2)11-12-21-14-15-9-10-16(20(7-3)8-4)13-17(15)18(21)22/h9-10,13H,5-8,11-12,14H2,1-4H3. The first kappa shape index (κ1) is 16.8. The van der Waals surface area contributed by atoms with Crippen LogP contribution in [0.5, 0.6) is 0 Å². The van der Waals surface area contributed by atoms with Gasteiger partial charge in [0.05, 0.1) is 0 Å². The molecular formula is C18H29N3O. The first-order chi connectivity index (χ1) is 10.6. The van der Waals surface area contributed by atoms with Crippen LogP contribution in [0.3, 0.4) is 0 Å². The summed E-state index contributed by atoms with van der Waals surface area (Å²) in [7, 11) is 0. The van der Waals surface area contributed by atoms with E-state index in [4.69, 9.17) is 0 Å². The summed E-state index contributed by atoms with van der Waals surface area (Å²) in [6.45, 7) is 15.2. The zero-order valence-corrected chi connectivity index (χ0v) is 14.4. The highest BCUT2D eigenvalue weighted by atomic mass is 16.2. The summed E-state index contributed by atoms with van der Waals surface area (Å²) in [4.78, 5) is 19.3. The van der Waals surface area contributed by atoms with E-state index in [9.17, 15) is 4.79 Å². The summed E-state index contributed by atoms with van der Waals surface area (Å²) in [5, 5.41) is 0. The summed E-state index contributed by atoms with van der Waals surface area (Å²) in [6.07, 6.45) is 0. The molecule has 1 aromatic rings. The van der Waals surface area contributed by atoms with E-state index in [2.05, 4.69) is 55.7 Å². The fraction of sp³-hybridized carbons (Fsp3) is 0.611. The minimum atomic E-state index is 0.191. The van der Waals surface area contributed by atoms with E-state index in [0.29, 0.717) is 0 Å². The highest BCUT2D eigenvalue weighted by Gasteiger charge is 2.27. The molecular weight excluding hydrogens is 274 g/mol. The maximum Gasteiger partial charge on any atom is 0.254 e. The van der Waals surface area contributed by atoms with Gasteiger partial charge in [-0.2, -0.15) is 0 Å². The van der Waals surface area contributed by atoms with E-state index in [-0.39, 0.29) is 5.91 Å². The number of fused-ring (bicyclic) bond motifs is 1. The maximum absolute atomic E-state index is 12.6. The maximum atomic E-state index is 12.6. The van der Waals surface area contributed by atoms with Crippen molar-refractivity contribution in [3.8, 4) is 0 Å². The molecule has 4 heteroatoms. The van der Waals surface area contributed by atoms with Crippen LogP contribution in [-0.4, -0.2) is 55.0 Å². The van der Waals surface area contributed by atoms with Gasteiger partial charge in [-0.1, -0.05) is 19.9 Å². The van der Waals surface area contributed by atoms with Crippen molar-refractivity contribution in [2.45, 2.75) is 34.2 Å². The number of nitrogens with zero attached hydrogens (tertiary/aromatic N) is 3. The zero-order chi connectivity index (χ0) is 16.1. The van der Waals surface area contributed by atoms with Gasteiger partial charge in [0, 0.05) is 44.0 Å². The van der Waals surface area contributed by atoms with E-state index in [1.54, 1.807) is 0 Å². The van der Waals surface area contributed by atoms with Crippen LogP contribution in [0.15, 0.2) is 18.2 Å². The Morgan fingerprint density at radius 3 is 2.32 bits per heavy atom. The summed E-state index contributed by atoms with van der Waals surface area (Å²) in [5.74, 6) is 0.191. The van der Waals surface area contributed by atoms with Gasteiger partial charge in [-0.15, -0.1) is 0 Å². The summed E-state index contributed by atoms with van der Waals surface area (Å²) < 4.78 is 0. The number of hydrogen-bond donors (Lipinski definition) is 0. The number of carbonyl (C=O) groups is 1. The molecule has 1 aromatic carbocycles.